The second kappa shape index (κ2) is 7.37. The van der Waals surface area contributed by atoms with Gasteiger partial charge in [0.2, 0.25) is 5.91 Å². The molecule has 5 nitrogen and oxygen atoms in total. The third-order valence-electron chi connectivity index (χ3n) is 3.66. The van der Waals surface area contributed by atoms with E-state index in [-0.39, 0.29) is 22.7 Å². The zero-order valence-corrected chi connectivity index (χ0v) is 14.2. The number of aromatic carboxylic acids is 1. The molecule has 2 rings (SSSR count). The van der Waals surface area contributed by atoms with Gasteiger partial charge in [0.25, 0.3) is 0 Å². The lowest BCUT2D eigenvalue weighted by molar-refractivity contribution is -0.123. The zero-order valence-electron chi connectivity index (χ0n) is 13.4. The molecule has 2 atom stereocenters. The molecule has 2 N–H and O–H groups in total. The van der Waals surface area contributed by atoms with Crippen molar-refractivity contribution in [2.75, 3.05) is 0 Å². The van der Waals surface area contributed by atoms with Gasteiger partial charge in [0.1, 0.15) is 9.88 Å². The van der Waals surface area contributed by atoms with E-state index in [1.54, 1.807) is 6.92 Å². The number of carboxylic acids is 1. The van der Waals surface area contributed by atoms with Gasteiger partial charge in [0, 0.05) is 0 Å². The van der Waals surface area contributed by atoms with Crippen LogP contribution in [0.25, 0.3) is 0 Å². The summed E-state index contributed by atoms with van der Waals surface area (Å²) < 4.78 is 0. The predicted octanol–water partition coefficient (Wildman–Crippen LogP) is 3.52. The zero-order chi connectivity index (χ0) is 17.0. The Morgan fingerprint density at radius 3 is 2.48 bits per heavy atom. The van der Waals surface area contributed by atoms with Crippen molar-refractivity contribution in [2.24, 2.45) is 0 Å². The van der Waals surface area contributed by atoms with Gasteiger partial charge < -0.3 is 10.4 Å². The largest absolute Gasteiger partial charge is 0.477 e. The summed E-state index contributed by atoms with van der Waals surface area (Å²) in [6, 6.07) is 9.30. The van der Waals surface area contributed by atoms with Gasteiger partial charge >= 0.3 is 5.97 Å². The smallest absolute Gasteiger partial charge is 0.347 e. The number of hydrogen-bond donors (Lipinski definition) is 2. The summed E-state index contributed by atoms with van der Waals surface area (Å²) in [6.45, 7) is 5.45. The first-order valence-electron chi connectivity index (χ1n) is 7.50. The molecule has 23 heavy (non-hydrogen) atoms. The van der Waals surface area contributed by atoms with Crippen molar-refractivity contribution in [3.63, 3.8) is 0 Å². The molecule has 0 aliphatic rings. The van der Waals surface area contributed by atoms with Gasteiger partial charge in [-0.15, -0.1) is 11.3 Å². The van der Waals surface area contributed by atoms with Crippen molar-refractivity contribution in [2.45, 2.75) is 39.2 Å². The van der Waals surface area contributed by atoms with Gasteiger partial charge in [0.05, 0.1) is 17.7 Å². The lowest BCUT2D eigenvalue weighted by Gasteiger charge is -2.18. The van der Waals surface area contributed by atoms with E-state index in [2.05, 4.69) is 10.3 Å². The van der Waals surface area contributed by atoms with E-state index in [1.807, 2.05) is 44.2 Å². The topological polar surface area (TPSA) is 79.3 Å². The molecule has 0 aliphatic carbocycles. The van der Waals surface area contributed by atoms with Crippen LogP contribution in [0.15, 0.2) is 30.3 Å². The Morgan fingerprint density at radius 1 is 1.30 bits per heavy atom. The summed E-state index contributed by atoms with van der Waals surface area (Å²) in [4.78, 5) is 28.1. The fraction of sp³-hybridized carbons (Fsp3) is 0.353. The van der Waals surface area contributed by atoms with Crippen molar-refractivity contribution < 1.29 is 14.7 Å². The maximum Gasteiger partial charge on any atom is 0.347 e. The number of amides is 1. The average Bonchev–Trinajstić information content (AvgIpc) is 2.91. The van der Waals surface area contributed by atoms with Crippen LogP contribution in [0.4, 0.5) is 0 Å². The lowest BCUT2D eigenvalue weighted by atomic mass is 9.95. The SMILES string of the molecule is CCC(C(=O)NC(C)c1nc(C)c(C(=O)O)s1)c1ccccc1. The number of thiazole rings is 1. The molecule has 6 heteroatoms. The van der Waals surface area contributed by atoms with Crippen LogP contribution in [-0.2, 0) is 4.79 Å². The van der Waals surface area contributed by atoms with Crippen molar-refractivity contribution in [3.05, 3.63) is 51.5 Å². The molecule has 1 amide bonds. The molecule has 0 saturated heterocycles. The van der Waals surface area contributed by atoms with Gasteiger partial charge in [-0.05, 0) is 25.8 Å². The Balaban J connectivity index is 2.12. The number of benzene rings is 1. The fourth-order valence-electron chi connectivity index (χ4n) is 2.43. The molecule has 2 unspecified atom stereocenters. The number of carbonyl (C=O) groups excluding carboxylic acids is 1. The summed E-state index contributed by atoms with van der Waals surface area (Å²) in [5.74, 6) is -1.28. The summed E-state index contributed by atoms with van der Waals surface area (Å²) in [6.07, 6.45) is 0.694. The quantitative estimate of drug-likeness (QED) is 0.848. The molecule has 0 saturated carbocycles. The minimum atomic E-state index is -0.986. The maximum atomic E-state index is 12.5. The molecule has 1 aromatic heterocycles. The monoisotopic (exact) mass is 332 g/mol. The number of nitrogens with one attached hydrogen (secondary N) is 1. The number of rotatable bonds is 6. The highest BCUT2D eigenvalue weighted by Crippen LogP contribution is 2.25. The van der Waals surface area contributed by atoms with Crippen LogP contribution in [0.2, 0.25) is 0 Å². The van der Waals surface area contributed by atoms with Crippen LogP contribution >= 0.6 is 11.3 Å². The van der Waals surface area contributed by atoms with Gasteiger partial charge in [-0.25, -0.2) is 9.78 Å². The van der Waals surface area contributed by atoms with Crippen LogP contribution in [-0.4, -0.2) is 22.0 Å². The first kappa shape index (κ1) is 17.1. The third kappa shape index (κ3) is 3.96. The van der Waals surface area contributed by atoms with E-state index in [9.17, 15) is 9.59 Å². The highest BCUT2D eigenvalue weighted by molar-refractivity contribution is 7.13. The number of hydrogen-bond acceptors (Lipinski definition) is 4. The Morgan fingerprint density at radius 2 is 1.96 bits per heavy atom. The molecular formula is C17H20N2O3S. The fourth-order valence-corrected chi connectivity index (χ4v) is 3.34. The Bertz CT molecular complexity index is 697. The second-order valence-electron chi connectivity index (χ2n) is 5.37. The molecule has 1 aromatic carbocycles. The molecule has 0 fully saturated rings. The van der Waals surface area contributed by atoms with E-state index in [0.29, 0.717) is 17.1 Å². The van der Waals surface area contributed by atoms with E-state index < -0.39 is 5.97 Å². The van der Waals surface area contributed by atoms with Crippen LogP contribution < -0.4 is 5.32 Å². The van der Waals surface area contributed by atoms with Crippen LogP contribution in [0.5, 0.6) is 0 Å². The molecule has 0 radical (unpaired) electrons. The average molecular weight is 332 g/mol. The van der Waals surface area contributed by atoms with E-state index in [0.717, 1.165) is 16.9 Å². The minimum absolute atomic E-state index is 0.0732. The summed E-state index contributed by atoms with van der Waals surface area (Å²) in [5, 5.41) is 12.6. The van der Waals surface area contributed by atoms with Crippen molar-refractivity contribution in [1.29, 1.82) is 0 Å². The van der Waals surface area contributed by atoms with Crippen molar-refractivity contribution in [3.8, 4) is 0 Å². The first-order valence-corrected chi connectivity index (χ1v) is 8.31. The molecule has 2 aromatic rings. The summed E-state index contributed by atoms with van der Waals surface area (Å²) in [7, 11) is 0. The number of carboxylic acid groups (broad SMARTS) is 1. The molecule has 1 heterocycles. The van der Waals surface area contributed by atoms with E-state index >= 15 is 0 Å². The van der Waals surface area contributed by atoms with Gasteiger partial charge in [-0.2, -0.15) is 0 Å². The standard InChI is InChI=1S/C17H20N2O3S/c1-4-13(12-8-6-5-7-9-12)15(20)18-11(3)16-19-10(2)14(23-16)17(21)22/h5-9,11,13H,4H2,1-3H3,(H,18,20)(H,21,22). The van der Waals surface area contributed by atoms with E-state index in [1.165, 1.54) is 0 Å². The molecule has 122 valence electrons. The van der Waals surface area contributed by atoms with Crippen molar-refractivity contribution >= 4 is 23.2 Å². The maximum absolute atomic E-state index is 12.5. The van der Waals surface area contributed by atoms with Gasteiger partial charge in [0.15, 0.2) is 0 Å². The highest BCUT2D eigenvalue weighted by Gasteiger charge is 2.23. The molecule has 0 aliphatic heterocycles. The van der Waals surface area contributed by atoms with Gasteiger partial charge in [-0.3, -0.25) is 4.79 Å². The lowest BCUT2D eigenvalue weighted by Crippen LogP contribution is -2.31. The number of aromatic nitrogens is 1. The first-order chi connectivity index (χ1) is 10.9. The minimum Gasteiger partial charge on any atom is -0.477 e. The van der Waals surface area contributed by atoms with Gasteiger partial charge in [-0.1, -0.05) is 37.3 Å². The Kier molecular flexibility index (Phi) is 5.50. The Labute approximate surface area is 139 Å². The summed E-state index contributed by atoms with van der Waals surface area (Å²) >= 11 is 1.11. The van der Waals surface area contributed by atoms with Crippen LogP contribution in [0.3, 0.4) is 0 Å². The van der Waals surface area contributed by atoms with Crippen LogP contribution in [0.1, 0.15) is 58.2 Å². The number of carbonyl (C=O) groups is 2. The Hall–Kier alpha value is -2.21. The second-order valence-corrected chi connectivity index (χ2v) is 6.40. The number of nitrogens with zero attached hydrogens (tertiary/aromatic N) is 1. The normalized spacial score (nSPS) is 13.3. The van der Waals surface area contributed by atoms with Crippen LogP contribution in [0, 0.1) is 6.92 Å². The summed E-state index contributed by atoms with van der Waals surface area (Å²) in [5.41, 5.74) is 1.45. The van der Waals surface area contributed by atoms with Crippen molar-refractivity contribution in [1.82, 2.24) is 10.3 Å². The predicted molar refractivity (Wildman–Crippen MR) is 89.8 cm³/mol. The molecule has 0 spiro atoms. The molecule has 0 bridgehead atoms. The van der Waals surface area contributed by atoms with E-state index in [4.69, 9.17) is 5.11 Å². The number of aryl methyl sites for hydroxylation is 1. The third-order valence-corrected chi connectivity index (χ3v) is 4.99. The highest BCUT2D eigenvalue weighted by atomic mass is 32.1. The molecular weight excluding hydrogens is 312 g/mol.